The maximum absolute atomic E-state index is 12.7. The number of ether oxygens (including phenoxy) is 1. The molecule has 0 saturated heterocycles. The molecule has 2 aromatic rings. The first-order valence-electron chi connectivity index (χ1n) is 9.28. The van der Waals surface area contributed by atoms with E-state index in [0.29, 0.717) is 18.4 Å². The van der Waals surface area contributed by atoms with Crippen molar-refractivity contribution in [3.05, 3.63) is 46.1 Å². The van der Waals surface area contributed by atoms with E-state index in [4.69, 9.17) is 27.9 Å². The minimum absolute atomic E-state index is 0. The summed E-state index contributed by atoms with van der Waals surface area (Å²) in [6.07, 6.45) is -1.03. The molecule has 6 nitrogen and oxygen atoms in total. The molecular formula is C20H21Cl2F3N2O4. The molecule has 1 aliphatic carbocycles. The summed E-state index contributed by atoms with van der Waals surface area (Å²) in [5, 5.41) is 13.3. The Kier molecular flexibility index (Phi) is 8.53. The summed E-state index contributed by atoms with van der Waals surface area (Å²) in [6, 6.07) is 5.47. The Hall–Kier alpha value is -2.07. The van der Waals surface area contributed by atoms with E-state index in [1.165, 1.54) is 24.3 Å². The zero-order valence-corrected chi connectivity index (χ0v) is 17.7. The Morgan fingerprint density at radius 3 is 2.55 bits per heavy atom. The summed E-state index contributed by atoms with van der Waals surface area (Å²) in [7, 11) is 0. The molecule has 1 amide bonds. The number of carbonyl (C=O) groups excluding carboxylic acids is 1. The van der Waals surface area contributed by atoms with E-state index in [1.807, 2.05) is 0 Å². The van der Waals surface area contributed by atoms with Crippen molar-refractivity contribution in [1.29, 1.82) is 0 Å². The SMILES string of the molecule is O.O=C(N[C@@H]1CCCC[C@H]1O)c1cnc(OCC(F)(F)F)c(-c2ccc(Cl)c(Cl)c2)c1. The van der Waals surface area contributed by atoms with Crippen LogP contribution in [0.4, 0.5) is 13.2 Å². The molecule has 3 rings (SSSR count). The van der Waals surface area contributed by atoms with Crippen molar-refractivity contribution >= 4 is 29.1 Å². The lowest BCUT2D eigenvalue weighted by Gasteiger charge is -2.28. The van der Waals surface area contributed by atoms with Crippen molar-refractivity contribution in [3.63, 3.8) is 0 Å². The van der Waals surface area contributed by atoms with Gasteiger partial charge >= 0.3 is 6.18 Å². The van der Waals surface area contributed by atoms with Gasteiger partial charge in [0.2, 0.25) is 5.88 Å². The molecule has 1 saturated carbocycles. The van der Waals surface area contributed by atoms with Crippen LogP contribution in [0.25, 0.3) is 11.1 Å². The van der Waals surface area contributed by atoms with Crippen LogP contribution >= 0.6 is 23.2 Å². The largest absolute Gasteiger partial charge is 0.468 e. The number of amides is 1. The van der Waals surface area contributed by atoms with Gasteiger partial charge in [-0.15, -0.1) is 0 Å². The summed E-state index contributed by atoms with van der Waals surface area (Å²) < 4.78 is 42.7. The van der Waals surface area contributed by atoms with Gasteiger partial charge in [-0.3, -0.25) is 4.79 Å². The molecule has 170 valence electrons. The fraction of sp³-hybridized carbons (Fsp3) is 0.400. The lowest BCUT2D eigenvalue weighted by molar-refractivity contribution is -0.154. The number of nitrogens with zero attached hydrogens (tertiary/aromatic N) is 1. The first-order valence-corrected chi connectivity index (χ1v) is 10.0. The lowest BCUT2D eigenvalue weighted by Crippen LogP contribution is -2.45. The van der Waals surface area contributed by atoms with Gasteiger partial charge in [-0.2, -0.15) is 13.2 Å². The molecule has 0 aliphatic heterocycles. The molecule has 1 aromatic carbocycles. The number of aromatic nitrogens is 1. The molecule has 31 heavy (non-hydrogen) atoms. The third kappa shape index (κ3) is 6.70. The smallest absolute Gasteiger partial charge is 0.422 e. The van der Waals surface area contributed by atoms with Gasteiger partial charge in [0.15, 0.2) is 6.61 Å². The second-order valence-electron chi connectivity index (χ2n) is 7.04. The lowest BCUT2D eigenvalue weighted by atomic mass is 9.92. The molecule has 1 aliphatic rings. The third-order valence-electron chi connectivity index (χ3n) is 4.76. The second-order valence-corrected chi connectivity index (χ2v) is 7.86. The highest BCUT2D eigenvalue weighted by molar-refractivity contribution is 6.42. The fourth-order valence-electron chi connectivity index (χ4n) is 3.24. The van der Waals surface area contributed by atoms with Crippen LogP contribution < -0.4 is 10.1 Å². The predicted octanol–water partition coefficient (Wildman–Crippen LogP) is 4.21. The highest BCUT2D eigenvalue weighted by atomic mass is 35.5. The van der Waals surface area contributed by atoms with E-state index in [-0.39, 0.29) is 38.6 Å². The summed E-state index contributed by atoms with van der Waals surface area (Å²) in [5.41, 5.74) is 0.671. The number of nitrogens with one attached hydrogen (secondary N) is 1. The molecule has 0 spiro atoms. The van der Waals surface area contributed by atoms with Crippen LogP contribution in [0, 0.1) is 0 Å². The van der Waals surface area contributed by atoms with Gasteiger partial charge in [0.1, 0.15) is 0 Å². The number of halogens is 5. The standard InChI is InChI=1S/C20H19Cl2F3N2O3.H2O/c21-14-6-5-11(8-15(14)22)13-7-12(9-26-19(13)30-10-20(23,24)25)18(29)27-16-3-1-2-4-17(16)28;/h5-9,16-17,28H,1-4,10H2,(H,27,29);1H2/t16-,17-;/m1./s1. The highest BCUT2D eigenvalue weighted by Crippen LogP contribution is 2.34. The molecule has 1 heterocycles. The number of pyridine rings is 1. The average Bonchev–Trinajstić information content (AvgIpc) is 2.69. The number of benzene rings is 1. The normalized spacial score (nSPS) is 18.8. The molecule has 1 aromatic heterocycles. The Morgan fingerprint density at radius 2 is 1.90 bits per heavy atom. The minimum Gasteiger partial charge on any atom is -0.468 e. The van der Waals surface area contributed by atoms with Gasteiger partial charge in [-0.1, -0.05) is 42.1 Å². The molecule has 2 atom stereocenters. The van der Waals surface area contributed by atoms with Gasteiger partial charge in [0.25, 0.3) is 5.91 Å². The third-order valence-corrected chi connectivity index (χ3v) is 5.50. The van der Waals surface area contributed by atoms with Gasteiger partial charge < -0.3 is 20.6 Å². The van der Waals surface area contributed by atoms with E-state index in [0.717, 1.165) is 19.0 Å². The van der Waals surface area contributed by atoms with Crippen molar-refractivity contribution in [2.75, 3.05) is 6.61 Å². The van der Waals surface area contributed by atoms with Crippen molar-refractivity contribution < 1.29 is 33.3 Å². The van der Waals surface area contributed by atoms with Crippen LogP contribution in [0.5, 0.6) is 5.88 Å². The Balaban J connectivity index is 0.00000341. The fourth-order valence-corrected chi connectivity index (χ4v) is 3.54. The van der Waals surface area contributed by atoms with Gasteiger partial charge in [0, 0.05) is 11.8 Å². The summed E-state index contributed by atoms with van der Waals surface area (Å²) in [5.74, 6) is -0.780. The molecule has 0 bridgehead atoms. The second kappa shape index (κ2) is 10.5. The molecule has 0 unspecified atom stereocenters. The van der Waals surface area contributed by atoms with Crippen LogP contribution in [-0.2, 0) is 0 Å². The van der Waals surface area contributed by atoms with Crippen LogP contribution in [0.1, 0.15) is 36.0 Å². The topological polar surface area (TPSA) is 103 Å². The van der Waals surface area contributed by atoms with E-state index in [9.17, 15) is 23.1 Å². The van der Waals surface area contributed by atoms with Gasteiger partial charge in [-0.25, -0.2) is 4.98 Å². The Bertz CT molecular complexity index is 928. The highest BCUT2D eigenvalue weighted by Gasteiger charge is 2.30. The summed E-state index contributed by atoms with van der Waals surface area (Å²) >= 11 is 12.0. The van der Waals surface area contributed by atoms with Crippen LogP contribution in [0.2, 0.25) is 10.0 Å². The van der Waals surface area contributed by atoms with Gasteiger partial charge in [0.05, 0.1) is 27.8 Å². The number of carbonyl (C=O) groups is 1. The molecular weight excluding hydrogens is 460 g/mol. The molecule has 11 heteroatoms. The van der Waals surface area contributed by atoms with Crippen molar-refractivity contribution in [3.8, 4) is 17.0 Å². The maximum Gasteiger partial charge on any atom is 0.422 e. The number of aliphatic hydroxyl groups is 1. The average molecular weight is 481 g/mol. The summed E-state index contributed by atoms with van der Waals surface area (Å²) in [6.45, 7) is -1.53. The first-order chi connectivity index (χ1) is 14.1. The monoisotopic (exact) mass is 480 g/mol. The minimum atomic E-state index is -4.55. The zero-order valence-electron chi connectivity index (χ0n) is 16.2. The van der Waals surface area contributed by atoms with Crippen molar-refractivity contribution in [2.24, 2.45) is 0 Å². The first kappa shape index (κ1) is 25.2. The van der Waals surface area contributed by atoms with Crippen molar-refractivity contribution in [2.45, 2.75) is 44.0 Å². The van der Waals surface area contributed by atoms with Crippen LogP contribution in [-0.4, -0.2) is 46.4 Å². The van der Waals surface area contributed by atoms with E-state index in [1.54, 1.807) is 0 Å². The Labute approximate surface area is 186 Å². The van der Waals surface area contributed by atoms with E-state index < -0.39 is 24.8 Å². The quantitative estimate of drug-likeness (QED) is 0.668. The molecule has 0 radical (unpaired) electrons. The number of aliphatic hydroxyl groups excluding tert-OH is 1. The summed E-state index contributed by atoms with van der Waals surface area (Å²) in [4.78, 5) is 16.6. The number of hydrogen-bond donors (Lipinski definition) is 2. The van der Waals surface area contributed by atoms with Crippen molar-refractivity contribution in [1.82, 2.24) is 10.3 Å². The number of rotatable bonds is 5. The van der Waals surface area contributed by atoms with Crippen LogP contribution in [0.15, 0.2) is 30.5 Å². The zero-order chi connectivity index (χ0) is 21.9. The molecule has 1 fully saturated rings. The number of hydrogen-bond acceptors (Lipinski definition) is 4. The number of alkyl halides is 3. The van der Waals surface area contributed by atoms with E-state index in [2.05, 4.69) is 10.3 Å². The predicted molar refractivity (Wildman–Crippen MR) is 111 cm³/mol. The maximum atomic E-state index is 12.7. The molecule has 4 N–H and O–H groups in total. The van der Waals surface area contributed by atoms with E-state index >= 15 is 0 Å². The van der Waals surface area contributed by atoms with Gasteiger partial charge in [-0.05, 0) is 36.6 Å². The van der Waals surface area contributed by atoms with Crippen LogP contribution in [0.3, 0.4) is 0 Å². The Morgan fingerprint density at radius 1 is 1.19 bits per heavy atom.